The maximum atomic E-state index is 13.6. The number of rotatable bonds is 8. The molecule has 0 saturated carbocycles. The van der Waals surface area contributed by atoms with Crippen LogP contribution in [0.1, 0.15) is 43.4 Å². The maximum absolute atomic E-state index is 13.6. The molecule has 0 aliphatic carbocycles. The van der Waals surface area contributed by atoms with E-state index >= 15 is 0 Å². The van der Waals surface area contributed by atoms with Crippen molar-refractivity contribution in [2.75, 3.05) is 39.8 Å². The highest BCUT2D eigenvalue weighted by Gasteiger charge is 2.22. The fraction of sp³-hybridized carbons (Fsp3) is 0.464. The molecule has 0 spiro atoms. The molecule has 1 atom stereocenters. The Morgan fingerprint density at radius 2 is 1.75 bits per heavy atom. The van der Waals surface area contributed by atoms with Crippen LogP contribution >= 0.6 is 0 Å². The lowest BCUT2D eigenvalue weighted by Crippen LogP contribution is -2.47. The number of fused-ring (bicyclic) bond motifs is 3. The first-order valence-electron chi connectivity index (χ1n) is 13.0. The van der Waals surface area contributed by atoms with Crippen molar-refractivity contribution in [2.24, 2.45) is 0 Å². The Balaban J connectivity index is 1.31. The third-order valence-corrected chi connectivity index (χ3v) is 7.52. The van der Waals surface area contributed by atoms with Crippen LogP contribution in [-0.2, 0) is 13.0 Å². The molecule has 0 N–H and O–H groups in total. The average Bonchev–Trinajstić information content (AvgIpc) is 3.27. The van der Waals surface area contributed by atoms with E-state index in [4.69, 9.17) is 9.72 Å². The van der Waals surface area contributed by atoms with Gasteiger partial charge in [-0.15, -0.1) is 0 Å². The van der Waals surface area contributed by atoms with E-state index < -0.39 is 0 Å². The molecule has 0 amide bonds. The number of methoxy groups -OCH3 is 1. The summed E-state index contributed by atoms with van der Waals surface area (Å²) in [6.07, 6.45) is 1.63. The summed E-state index contributed by atoms with van der Waals surface area (Å²) in [6, 6.07) is 14.9. The number of piperazine rings is 1. The minimum absolute atomic E-state index is 0.000622. The fourth-order valence-electron chi connectivity index (χ4n) is 5.44. The summed E-state index contributed by atoms with van der Waals surface area (Å²) in [7, 11) is 1.61. The summed E-state index contributed by atoms with van der Waals surface area (Å²) in [4.78, 5) is 28.1. The lowest BCUT2D eigenvalue weighted by atomic mass is 10.1. The second kappa shape index (κ2) is 10.4. The molecule has 190 valence electrons. The zero-order valence-electron chi connectivity index (χ0n) is 21.8. The molecule has 1 saturated heterocycles. The predicted molar refractivity (Wildman–Crippen MR) is 143 cm³/mol. The van der Waals surface area contributed by atoms with E-state index in [9.17, 15) is 4.79 Å². The summed E-state index contributed by atoms with van der Waals surface area (Å²) in [5, 5.41) is 0. The van der Waals surface area contributed by atoms with Gasteiger partial charge in [-0.3, -0.25) is 14.1 Å². The molecule has 1 fully saturated rings. The Labute approximate surface area is 212 Å². The number of imidazole rings is 1. The van der Waals surface area contributed by atoms with Crippen LogP contribution in [0.3, 0.4) is 0 Å². The highest BCUT2D eigenvalue weighted by Crippen LogP contribution is 2.23. The van der Waals surface area contributed by atoms with Crippen molar-refractivity contribution in [3.8, 4) is 5.88 Å². The highest BCUT2D eigenvalue weighted by atomic mass is 16.5. The smallest absolute Gasteiger partial charge is 0.277 e. The third-order valence-electron chi connectivity index (χ3n) is 7.52. The van der Waals surface area contributed by atoms with Crippen LogP contribution in [0.2, 0.25) is 0 Å². The van der Waals surface area contributed by atoms with Crippen molar-refractivity contribution in [1.29, 1.82) is 0 Å². The third kappa shape index (κ3) is 4.51. The molecule has 0 radical (unpaired) electrons. The summed E-state index contributed by atoms with van der Waals surface area (Å²) >= 11 is 0. The van der Waals surface area contributed by atoms with Crippen molar-refractivity contribution >= 4 is 16.7 Å². The van der Waals surface area contributed by atoms with Crippen molar-refractivity contribution in [1.82, 2.24) is 28.7 Å². The van der Waals surface area contributed by atoms with Crippen molar-refractivity contribution in [2.45, 2.75) is 46.2 Å². The first-order chi connectivity index (χ1) is 17.5. The van der Waals surface area contributed by atoms with Gasteiger partial charge in [0.15, 0.2) is 5.65 Å². The number of benzene rings is 1. The van der Waals surface area contributed by atoms with Gasteiger partial charge in [-0.1, -0.05) is 37.3 Å². The van der Waals surface area contributed by atoms with Gasteiger partial charge in [-0.05, 0) is 38.4 Å². The standard InChI is InChI=1S/C28H36N6O2/c1-5-24-29-20(2)26-28(35)33(23-12-13-25(36-4)30-27(23)34(24)26)15-9-14-31-16-18-32(19-17-31)21(3)22-10-7-6-8-11-22/h6-8,10-13,21H,5,9,14-19H2,1-4H3. The lowest BCUT2D eigenvalue weighted by molar-refractivity contribution is 0.101. The maximum Gasteiger partial charge on any atom is 0.277 e. The summed E-state index contributed by atoms with van der Waals surface area (Å²) in [5.41, 5.74) is 4.29. The van der Waals surface area contributed by atoms with Crippen molar-refractivity contribution < 1.29 is 4.74 Å². The number of aryl methyl sites for hydroxylation is 3. The molecular formula is C28H36N6O2. The molecule has 1 unspecified atom stereocenters. The minimum Gasteiger partial charge on any atom is -0.481 e. The molecule has 4 aromatic rings. The molecule has 1 aromatic carbocycles. The molecule has 5 rings (SSSR count). The lowest BCUT2D eigenvalue weighted by Gasteiger charge is -2.38. The van der Waals surface area contributed by atoms with Gasteiger partial charge in [-0.25, -0.2) is 4.98 Å². The largest absolute Gasteiger partial charge is 0.481 e. The number of aromatic nitrogens is 4. The molecule has 8 nitrogen and oxygen atoms in total. The fourth-order valence-corrected chi connectivity index (χ4v) is 5.44. The Bertz CT molecular complexity index is 1400. The zero-order valence-corrected chi connectivity index (χ0v) is 21.8. The molecule has 0 bridgehead atoms. The molecule has 1 aliphatic rings. The number of ether oxygens (including phenoxy) is 1. The summed E-state index contributed by atoms with van der Waals surface area (Å²) in [5.74, 6) is 1.38. The summed E-state index contributed by atoms with van der Waals surface area (Å²) in [6.45, 7) is 12.1. The van der Waals surface area contributed by atoms with E-state index in [1.165, 1.54) is 5.56 Å². The van der Waals surface area contributed by atoms with Crippen molar-refractivity contribution in [3.63, 3.8) is 0 Å². The van der Waals surface area contributed by atoms with Gasteiger partial charge >= 0.3 is 0 Å². The SMILES string of the molecule is CCc1nc(C)c2c(=O)n(CCCN3CCN(C(C)c4ccccc4)CC3)c3ccc(OC)nc3n12. The number of nitrogens with zero attached hydrogens (tertiary/aromatic N) is 6. The highest BCUT2D eigenvalue weighted by molar-refractivity contribution is 5.77. The van der Waals surface area contributed by atoms with Crippen LogP contribution in [0.4, 0.5) is 0 Å². The first kappa shape index (κ1) is 24.5. The molecule has 4 heterocycles. The van der Waals surface area contributed by atoms with Gasteiger partial charge in [0.2, 0.25) is 5.88 Å². The first-order valence-corrected chi connectivity index (χ1v) is 13.0. The Hall–Kier alpha value is -3.23. The van der Waals surface area contributed by atoms with Gasteiger partial charge in [0.25, 0.3) is 5.56 Å². The van der Waals surface area contributed by atoms with Gasteiger partial charge in [0, 0.05) is 51.3 Å². The minimum atomic E-state index is 0.000622. The monoisotopic (exact) mass is 488 g/mol. The molecule has 1 aliphatic heterocycles. The van der Waals surface area contributed by atoms with Crippen LogP contribution in [0.25, 0.3) is 16.7 Å². The van der Waals surface area contributed by atoms with Crippen LogP contribution in [0.15, 0.2) is 47.3 Å². The zero-order chi connectivity index (χ0) is 25.2. The second-order valence-electron chi connectivity index (χ2n) is 9.62. The Morgan fingerprint density at radius 3 is 2.44 bits per heavy atom. The quantitative estimate of drug-likeness (QED) is 0.377. The Morgan fingerprint density at radius 1 is 1.00 bits per heavy atom. The topological polar surface area (TPSA) is 67.9 Å². The number of hydrogen-bond acceptors (Lipinski definition) is 6. The van der Waals surface area contributed by atoms with E-state index in [1.807, 2.05) is 34.9 Å². The average molecular weight is 489 g/mol. The van der Waals surface area contributed by atoms with Crippen LogP contribution in [0.5, 0.6) is 5.88 Å². The second-order valence-corrected chi connectivity index (χ2v) is 9.62. The van der Waals surface area contributed by atoms with Crippen LogP contribution < -0.4 is 10.3 Å². The van der Waals surface area contributed by atoms with Gasteiger partial charge < -0.3 is 14.2 Å². The predicted octanol–water partition coefficient (Wildman–Crippen LogP) is 3.69. The Kier molecular flexibility index (Phi) is 7.07. The van der Waals surface area contributed by atoms with Gasteiger partial charge in [-0.2, -0.15) is 4.98 Å². The number of hydrogen-bond donors (Lipinski definition) is 0. The molecule has 8 heteroatoms. The van der Waals surface area contributed by atoms with Crippen molar-refractivity contribution in [3.05, 3.63) is 69.9 Å². The molecular weight excluding hydrogens is 452 g/mol. The van der Waals surface area contributed by atoms with Gasteiger partial charge in [0.1, 0.15) is 11.3 Å². The summed E-state index contributed by atoms with van der Waals surface area (Å²) < 4.78 is 9.18. The van der Waals surface area contributed by atoms with E-state index in [0.717, 1.165) is 68.2 Å². The number of pyridine rings is 1. The van der Waals surface area contributed by atoms with E-state index in [2.05, 4.69) is 52.0 Å². The van der Waals surface area contributed by atoms with Crippen LogP contribution in [0, 0.1) is 6.92 Å². The molecule has 36 heavy (non-hydrogen) atoms. The van der Waals surface area contributed by atoms with Gasteiger partial charge in [0.05, 0.1) is 18.3 Å². The molecule has 3 aromatic heterocycles. The van der Waals surface area contributed by atoms with E-state index in [0.29, 0.717) is 24.0 Å². The van der Waals surface area contributed by atoms with Crippen LogP contribution in [-0.4, -0.2) is 68.6 Å². The van der Waals surface area contributed by atoms with E-state index in [-0.39, 0.29) is 5.56 Å². The van der Waals surface area contributed by atoms with E-state index in [1.54, 1.807) is 7.11 Å². The normalized spacial score (nSPS) is 16.1.